The molecule has 0 aliphatic carbocycles. The molecule has 0 saturated heterocycles. The fourth-order valence-electron chi connectivity index (χ4n) is 1.62. The Balaban J connectivity index is 0. The van der Waals surface area contributed by atoms with Crippen LogP contribution >= 0.6 is 0 Å². The summed E-state index contributed by atoms with van der Waals surface area (Å²) in [4.78, 5) is 29.2. The molecule has 2 rings (SSSR count). The van der Waals surface area contributed by atoms with Crippen molar-refractivity contribution < 1.29 is 19.0 Å². The van der Waals surface area contributed by atoms with E-state index < -0.39 is 0 Å². The topological polar surface area (TPSA) is 85.9 Å². The number of aryl methyl sites for hydroxylation is 1. The van der Waals surface area contributed by atoms with E-state index in [2.05, 4.69) is 15.1 Å². The summed E-state index contributed by atoms with van der Waals surface area (Å²) in [5.41, 5.74) is 0.839. The lowest BCUT2D eigenvalue weighted by Gasteiger charge is -2.05. The lowest BCUT2D eigenvalue weighted by molar-refractivity contribution is -0.752. The largest absolute Gasteiger partial charge is 0.463 e. The molecule has 0 radical (unpaired) electrons. The molecule has 2 aromatic heterocycles. The first kappa shape index (κ1) is 27.5. The van der Waals surface area contributed by atoms with Crippen LogP contribution in [0, 0.1) is 0 Å². The molecule has 2 aromatic rings. The van der Waals surface area contributed by atoms with Crippen molar-refractivity contribution in [1.29, 1.82) is 0 Å². The molecule has 28 heavy (non-hydrogen) atoms. The van der Waals surface area contributed by atoms with Crippen LogP contribution in [0.1, 0.15) is 61.8 Å². The van der Waals surface area contributed by atoms with Crippen molar-refractivity contribution in [1.82, 2.24) is 15.1 Å². The Bertz CT molecular complexity index is 640. The highest BCUT2D eigenvalue weighted by Gasteiger charge is 2.11. The maximum Gasteiger partial charge on any atom is 0.312 e. The SMILES string of the molecule is CC.CC.CC(C)=O.CC(C)OC(=O)CC[n+]1ccc(-c2ncccn2)cn1. The molecule has 7 nitrogen and oxygen atoms in total. The van der Waals surface area contributed by atoms with Crippen LogP contribution in [0.4, 0.5) is 0 Å². The number of Topliss-reactive ketones (excluding diaryl/α,β-unsaturated/α-hetero) is 1. The van der Waals surface area contributed by atoms with Crippen LogP contribution in [0.25, 0.3) is 11.4 Å². The van der Waals surface area contributed by atoms with E-state index in [1.165, 1.54) is 13.8 Å². The van der Waals surface area contributed by atoms with Gasteiger partial charge < -0.3 is 9.53 Å². The van der Waals surface area contributed by atoms with Gasteiger partial charge in [-0.3, -0.25) is 4.79 Å². The molecule has 0 bridgehead atoms. The first-order valence-electron chi connectivity index (χ1n) is 9.68. The van der Waals surface area contributed by atoms with Crippen molar-refractivity contribution in [2.75, 3.05) is 0 Å². The van der Waals surface area contributed by atoms with Gasteiger partial charge in [-0.25, -0.2) is 9.97 Å². The number of aromatic nitrogens is 4. The summed E-state index contributed by atoms with van der Waals surface area (Å²) >= 11 is 0. The minimum absolute atomic E-state index is 0.0851. The Morgan fingerprint density at radius 3 is 2.04 bits per heavy atom. The molecule has 0 spiro atoms. The highest BCUT2D eigenvalue weighted by molar-refractivity contribution is 5.72. The van der Waals surface area contributed by atoms with Crippen molar-refractivity contribution in [2.45, 2.75) is 74.5 Å². The smallest absolute Gasteiger partial charge is 0.312 e. The number of hydrogen-bond donors (Lipinski definition) is 0. The van der Waals surface area contributed by atoms with E-state index in [9.17, 15) is 9.59 Å². The quantitative estimate of drug-likeness (QED) is 0.569. The third-order valence-electron chi connectivity index (χ3n) is 2.51. The maximum atomic E-state index is 11.4. The number of ether oxygens (including phenoxy) is 1. The van der Waals surface area contributed by atoms with Gasteiger partial charge in [-0.2, -0.15) is 0 Å². The predicted octanol–water partition coefficient (Wildman–Crippen LogP) is 3.82. The van der Waals surface area contributed by atoms with Gasteiger partial charge in [0.25, 0.3) is 0 Å². The zero-order valence-corrected chi connectivity index (χ0v) is 18.5. The molecule has 0 aliphatic rings. The van der Waals surface area contributed by atoms with Gasteiger partial charge >= 0.3 is 5.97 Å². The zero-order valence-electron chi connectivity index (χ0n) is 18.5. The maximum absolute atomic E-state index is 11.4. The van der Waals surface area contributed by atoms with Gasteiger partial charge in [0.15, 0.2) is 18.6 Å². The molecular weight excluding hydrogens is 356 g/mol. The Morgan fingerprint density at radius 1 is 1.07 bits per heavy atom. The average molecular weight is 392 g/mol. The molecule has 0 N–H and O–H groups in total. The standard InChI is InChI=1S/C14H17N4O2.C3H6O.2C2H6/c1-11(2)20-13(19)5-9-18-8-4-12(10-17-18)14-15-6-3-7-16-14;1-3(2)4;2*1-2/h3-4,6-8,10-11H,5,9H2,1-2H3;1-2H3;2*1-2H3/q+1;;;. The lowest BCUT2D eigenvalue weighted by Crippen LogP contribution is -2.38. The number of carbonyl (C=O) groups excluding carboxylic acids is 2. The van der Waals surface area contributed by atoms with Gasteiger partial charge in [-0.15, -0.1) is 0 Å². The minimum Gasteiger partial charge on any atom is -0.463 e. The highest BCUT2D eigenvalue weighted by atomic mass is 16.5. The van der Waals surface area contributed by atoms with Crippen molar-refractivity contribution in [2.24, 2.45) is 0 Å². The zero-order chi connectivity index (χ0) is 21.9. The second kappa shape index (κ2) is 17.7. The highest BCUT2D eigenvalue weighted by Crippen LogP contribution is 2.09. The number of nitrogens with zero attached hydrogens (tertiary/aromatic N) is 4. The van der Waals surface area contributed by atoms with E-state index in [1.807, 2.05) is 47.6 Å². The summed E-state index contributed by atoms with van der Waals surface area (Å²) in [6, 6.07) is 3.64. The lowest BCUT2D eigenvalue weighted by atomic mass is 10.3. The van der Waals surface area contributed by atoms with Crippen molar-refractivity contribution >= 4 is 11.8 Å². The summed E-state index contributed by atoms with van der Waals surface area (Å²) in [6.45, 7) is 15.2. The molecule has 0 atom stereocenters. The first-order valence-corrected chi connectivity index (χ1v) is 9.68. The molecule has 156 valence electrons. The second-order valence-electron chi connectivity index (χ2n) is 5.45. The van der Waals surface area contributed by atoms with E-state index in [0.29, 0.717) is 18.8 Å². The normalized spacial score (nSPS) is 8.89. The van der Waals surface area contributed by atoms with Crippen LogP contribution in [0.3, 0.4) is 0 Å². The van der Waals surface area contributed by atoms with E-state index in [1.54, 1.807) is 35.5 Å². The summed E-state index contributed by atoms with van der Waals surface area (Å²) in [5.74, 6) is 0.580. The van der Waals surface area contributed by atoms with Crippen LogP contribution < -0.4 is 4.68 Å². The predicted molar refractivity (Wildman–Crippen MR) is 110 cm³/mol. The van der Waals surface area contributed by atoms with Crippen LogP contribution in [-0.4, -0.2) is 32.9 Å². The summed E-state index contributed by atoms with van der Waals surface area (Å²) in [7, 11) is 0. The monoisotopic (exact) mass is 391 g/mol. The van der Waals surface area contributed by atoms with Crippen LogP contribution in [0.5, 0.6) is 0 Å². The van der Waals surface area contributed by atoms with Crippen molar-refractivity contribution in [3.63, 3.8) is 0 Å². The average Bonchev–Trinajstić information content (AvgIpc) is 2.70. The summed E-state index contributed by atoms with van der Waals surface area (Å²) in [5, 5.41) is 4.24. The second-order valence-corrected chi connectivity index (χ2v) is 5.45. The van der Waals surface area contributed by atoms with Crippen LogP contribution in [0.2, 0.25) is 0 Å². The first-order chi connectivity index (χ1) is 13.4. The van der Waals surface area contributed by atoms with E-state index >= 15 is 0 Å². The molecule has 0 fully saturated rings. The van der Waals surface area contributed by atoms with Crippen molar-refractivity contribution in [3.8, 4) is 11.4 Å². The molecule has 0 aromatic carbocycles. The van der Waals surface area contributed by atoms with E-state index in [0.717, 1.165) is 5.56 Å². The van der Waals surface area contributed by atoms with Gasteiger partial charge in [-0.05, 0) is 38.9 Å². The summed E-state index contributed by atoms with van der Waals surface area (Å²) < 4.78 is 6.75. The third-order valence-corrected chi connectivity index (χ3v) is 2.51. The minimum atomic E-state index is -0.218. The Labute approximate surface area is 169 Å². The number of esters is 1. The number of rotatable bonds is 5. The van der Waals surface area contributed by atoms with E-state index in [4.69, 9.17) is 4.74 Å². The van der Waals surface area contributed by atoms with Crippen LogP contribution in [-0.2, 0) is 20.9 Å². The summed E-state index contributed by atoms with van der Waals surface area (Å²) in [6.07, 6.45) is 7.07. The number of carbonyl (C=O) groups is 2. The third kappa shape index (κ3) is 14.5. The molecule has 7 heteroatoms. The van der Waals surface area contributed by atoms with Gasteiger partial charge in [0.1, 0.15) is 18.4 Å². The van der Waals surface area contributed by atoms with Crippen molar-refractivity contribution in [3.05, 3.63) is 36.9 Å². The Morgan fingerprint density at radius 2 is 1.61 bits per heavy atom. The molecule has 0 aliphatic heterocycles. The molecule has 0 unspecified atom stereocenters. The molecule has 0 amide bonds. The number of hydrogen-bond acceptors (Lipinski definition) is 6. The van der Waals surface area contributed by atoms with Gasteiger partial charge in [0, 0.05) is 24.0 Å². The molecular formula is C21H35N4O3+. The van der Waals surface area contributed by atoms with Gasteiger partial charge in [0.2, 0.25) is 0 Å². The van der Waals surface area contributed by atoms with Gasteiger partial charge in [-0.1, -0.05) is 32.4 Å². The molecule has 2 heterocycles. The fourth-order valence-corrected chi connectivity index (χ4v) is 1.62. The molecule has 0 saturated carbocycles. The van der Waals surface area contributed by atoms with Crippen LogP contribution in [0.15, 0.2) is 36.9 Å². The number of ketones is 1. The van der Waals surface area contributed by atoms with E-state index in [-0.39, 0.29) is 17.9 Å². The Hall–Kier alpha value is -2.70. The van der Waals surface area contributed by atoms with Gasteiger partial charge in [0.05, 0.1) is 6.10 Å². The Kier molecular flexibility index (Phi) is 17.4. The fraction of sp³-hybridized carbons (Fsp3) is 0.524.